The van der Waals surface area contributed by atoms with E-state index < -0.39 is 0 Å². The van der Waals surface area contributed by atoms with E-state index in [0.717, 1.165) is 36.4 Å². The lowest BCUT2D eigenvalue weighted by molar-refractivity contribution is -0.121. The van der Waals surface area contributed by atoms with E-state index in [2.05, 4.69) is 22.5 Å². The first-order valence-corrected chi connectivity index (χ1v) is 7.22. The minimum Gasteiger partial charge on any atom is -0.356 e. The van der Waals surface area contributed by atoms with Crippen molar-refractivity contribution >= 4 is 22.9 Å². The number of aromatic nitrogens is 2. The van der Waals surface area contributed by atoms with Gasteiger partial charge in [-0.2, -0.15) is 0 Å². The Morgan fingerprint density at radius 1 is 1.20 bits per heavy atom. The molecule has 2 N–H and O–H groups in total. The molecule has 0 aliphatic heterocycles. The second kappa shape index (κ2) is 6.93. The molecule has 0 spiro atoms. The normalized spacial score (nSPS) is 10.7. The van der Waals surface area contributed by atoms with E-state index in [4.69, 9.17) is 0 Å². The topological polar surface area (TPSA) is 59.0 Å². The highest BCUT2D eigenvalue weighted by Gasteiger charge is 2.12. The number of anilines is 1. The van der Waals surface area contributed by atoms with E-state index in [9.17, 15) is 4.79 Å². The van der Waals surface area contributed by atoms with Crippen molar-refractivity contribution in [3.63, 3.8) is 0 Å². The van der Waals surface area contributed by atoms with Crippen LogP contribution in [0, 0.1) is 0 Å². The highest BCUT2D eigenvalue weighted by atomic mass is 16.1. The number of carbonyl (C=O) groups excluding carboxylic acids is 1. The molecule has 0 saturated carbocycles. The third kappa shape index (κ3) is 3.29. The molecule has 0 radical (unpaired) electrons. The number of hydrogen-bond acceptors (Lipinski definition) is 3. The quantitative estimate of drug-likeness (QED) is 0.815. The number of para-hydroxylation sites is 2. The van der Waals surface area contributed by atoms with Crippen molar-refractivity contribution in [2.24, 2.45) is 0 Å². The van der Waals surface area contributed by atoms with E-state index >= 15 is 0 Å². The monoisotopic (exact) mass is 274 g/mol. The average Bonchev–Trinajstić information content (AvgIpc) is 2.81. The van der Waals surface area contributed by atoms with Crippen LogP contribution in [0.3, 0.4) is 0 Å². The number of nitrogens with zero attached hydrogens (tertiary/aromatic N) is 2. The molecule has 0 saturated heterocycles. The van der Waals surface area contributed by atoms with Gasteiger partial charge in [0, 0.05) is 13.1 Å². The highest BCUT2D eigenvalue weighted by molar-refractivity contribution is 5.83. The minimum absolute atomic E-state index is 0.0227. The van der Waals surface area contributed by atoms with Crippen LogP contribution in [0.5, 0.6) is 0 Å². The zero-order valence-corrected chi connectivity index (χ0v) is 12.1. The zero-order chi connectivity index (χ0) is 14.4. The minimum atomic E-state index is 0.0227. The van der Waals surface area contributed by atoms with E-state index in [1.165, 1.54) is 0 Å². The van der Waals surface area contributed by atoms with Gasteiger partial charge in [-0.1, -0.05) is 26.0 Å². The molecule has 1 aromatic heterocycles. The van der Waals surface area contributed by atoms with Gasteiger partial charge in [-0.3, -0.25) is 4.79 Å². The fraction of sp³-hybridized carbons (Fsp3) is 0.467. The number of hydrogen-bond donors (Lipinski definition) is 2. The lowest BCUT2D eigenvalue weighted by Crippen LogP contribution is -2.28. The Labute approximate surface area is 119 Å². The van der Waals surface area contributed by atoms with Gasteiger partial charge in [0.1, 0.15) is 6.54 Å². The number of amides is 1. The maximum Gasteiger partial charge on any atom is 0.240 e. The maximum absolute atomic E-state index is 12.0. The number of benzene rings is 1. The van der Waals surface area contributed by atoms with Gasteiger partial charge in [0.15, 0.2) is 0 Å². The van der Waals surface area contributed by atoms with Crippen LogP contribution in [0.4, 0.5) is 5.95 Å². The Morgan fingerprint density at radius 3 is 2.70 bits per heavy atom. The van der Waals surface area contributed by atoms with Crippen molar-refractivity contribution in [2.45, 2.75) is 33.2 Å². The smallest absolute Gasteiger partial charge is 0.240 e. The van der Waals surface area contributed by atoms with Crippen LogP contribution < -0.4 is 10.6 Å². The predicted molar refractivity (Wildman–Crippen MR) is 81.8 cm³/mol. The van der Waals surface area contributed by atoms with Crippen molar-refractivity contribution in [2.75, 3.05) is 18.4 Å². The summed E-state index contributed by atoms with van der Waals surface area (Å²) >= 11 is 0. The highest BCUT2D eigenvalue weighted by Crippen LogP contribution is 2.19. The number of nitrogens with one attached hydrogen (secondary N) is 2. The molecule has 20 heavy (non-hydrogen) atoms. The Hall–Kier alpha value is -2.04. The van der Waals surface area contributed by atoms with E-state index in [1.807, 2.05) is 35.8 Å². The van der Waals surface area contributed by atoms with Crippen molar-refractivity contribution in [1.29, 1.82) is 0 Å². The van der Waals surface area contributed by atoms with Gasteiger partial charge in [0.05, 0.1) is 11.0 Å². The van der Waals surface area contributed by atoms with Crippen LogP contribution >= 0.6 is 0 Å². The fourth-order valence-electron chi connectivity index (χ4n) is 2.07. The van der Waals surface area contributed by atoms with Gasteiger partial charge in [-0.25, -0.2) is 4.98 Å². The van der Waals surface area contributed by atoms with E-state index in [-0.39, 0.29) is 5.91 Å². The van der Waals surface area contributed by atoms with Gasteiger partial charge in [0.25, 0.3) is 0 Å². The van der Waals surface area contributed by atoms with Crippen molar-refractivity contribution in [1.82, 2.24) is 14.9 Å². The third-order valence-corrected chi connectivity index (χ3v) is 3.06. The van der Waals surface area contributed by atoms with Crippen LogP contribution in [0.2, 0.25) is 0 Å². The molecule has 0 fully saturated rings. The molecule has 2 aromatic rings. The fourth-order valence-corrected chi connectivity index (χ4v) is 2.07. The molecule has 108 valence electrons. The summed E-state index contributed by atoms with van der Waals surface area (Å²) in [6, 6.07) is 7.88. The number of rotatable bonds is 7. The van der Waals surface area contributed by atoms with Crippen LogP contribution in [0.25, 0.3) is 11.0 Å². The van der Waals surface area contributed by atoms with Crippen LogP contribution in [-0.4, -0.2) is 28.5 Å². The second-order valence-corrected chi connectivity index (χ2v) is 4.79. The van der Waals surface area contributed by atoms with Crippen molar-refractivity contribution in [3.05, 3.63) is 24.3 Å². The molecule has 0 aliphatic rings. The van der Waals surface area contributed by atoms with Gasteiger partial charge < -0.3 is 15.2 Å². The van der Waals surface area contributed by atoms with Crippen molar-refractivity contribution in [3.8, 4) is 0 Å². The maximum atomic E-state index is 12.0. The summed E-state index contributed by atoms with van der Waals surface area (Å²) in [4.78, 5) is 16.5. The summed E-state index contributed by atoms with van der Waals surface area (Å²) < 4.78 is 1.94. The number of imidazole rings is 1. The Kier molecular flexibility index (Phi) is 4.98. The standard InChI is InChI=1S/C15H22N4O/c1-3-9-16-14(20)11-19-13-8-6-5-7-12(13)18-15(19)17-10-4-2/h5-8H,3-4,9-11H2,1-2H3,(H,16,20)(H,17,18). The van der Waals surface area contributed by atoms with Gasteiger partial charge in [-0.05, 0) is 25.0 Å². The molecule has 0 unspecified atom stereocenters. The number of fused-ring (bicyclic) bond motifs is 1. The first-order valence-electron chi connectivity index (χ1n) is 7.22. The molecule has 0 atom stereocenters. The molecule has 2 rings (SSSR count). The molecule has 1 amide bonds. The Morgan fingerprint density at radius 2 is 1.95 bits per heavy atom. The summed E-state index contributed by atoms with van der Waals surface area (Å²) in [7, 11) is 0. The van der Waals surface area contributed by atoms with Gasteiger partial charge in [-0.15, -0.1) is 0 Å². The van der Waals surface area contributed by atoms with Crippen molar-refractivity contribution < 1.29 is 4.79 Å². The number of carbonyl (C=O) groups is 1. The van der Waals surface area contributed by atoms with E-state index in [0.29, 0.717) is 13.1 Å². The SMILES string of the molecule is CCCNC(=O)Cn1c(NCCC)nc2ccccc21. The molecule has 0 aliphatic carbocycles. The molecule has 5 heteroatoms. The lowest BCUT2D eigenvalue weighted by atomic mass is 10.3. The molecule has 5 nitrogen and oxygen atoms in total. The first-order chi connectivity index (χ1) is 9.76. The van der Waals surface area contributed by atoms with Crippen LogP contribution in [0.1, 0.15) is 26.7 Å². The predicted octanol–water partition coefficient (Wildman–Crippen LogP) is 2.38. The summed E-state index contributed by atoms with van der Waals surface area (Å²) in [5.41, 5.74) is 1.90. The van der Waals surface area contributed by atoms with Gasteiger partial charge in [0.2, 0.25) is 11.9 Å². The summed E-state index contributed by atoms with van der Waals surface area (Å²) in [6.45, 7) is 6.00. The molecular formula is C15H22N4O. The zero-order valence-electron chi connectivity index (χ0n) is 12.1. The van der Waals surface area contributed by atoms with Crippen LogP contribution in [-0.2, 0) is 11.3 Å². The molecular weight excluding hydrogens is 252 g/mol. The largest absolute Gasteiger partial charge is 0.356 e. The third-order valence-electron chi connectivity index (χ3n) is 3.06. The van der Waals surface area contributed by atoms with Crippen LogP contribution in [0.15, 0.2) is 24.3 Å². The molecule has 1 aromatic carbocycles. The Balaban J connectivity index is 2.25. The second-order valence-electron chi connectivity index (χ2n) is 4.79. The lowest BCUT2D eigenvalue weighted by Gasteiger charge is -2.10. The van der Waals surface area contributed by atoms with Gasteiger partial charge >= 0.3 is 0 Å². The Bertz CT molecular complexity index is 576. The molecule has 0 bridgehead atoms. The first kappa shape index (κ1) is 14.4. The van der Waals surface area contributed by atoms with E-state index in [1.54, 1.807) is 0 Å². The summed E-state index contributed by atoms with van der Waals surface area (Å²) in [5.74, 6) is 0.786. The molecule has 1 heterocycles. The summed E-state index contributed by atoms with van der Waals surface area (Å²) in [6.07, 6.45) is 1.96. The summed E-state index contributed by atoms with van der Waals surface area (Å²) in [5, 5.41) is 6.19. The average molecular weight is 274 g/mol.